The predicted molar refractivity (Wildman–Crippen MR) is 87.1 cm³/mol. The van der Waals surface area contributed by atoms with Crippen LogP contribution >= 0.6 is 0 Å². The molecule has 5 nitrogen and oxygen atoms in total. The first-order chi connectivity index (χ1) is 10.9. The SMILES string of the molecule is COc1cccc2c1OCC[C@H]1CN(C(=O)OC(C)(C)C)C[C@H]21. The van der Waals surface area contributed by atoms with E-state index in [9.17, 15) is 4.79 Å². The van der Waals surface area contributed by atoms with Crippen molar-refractivity contribution >= 4 is 6.09 Å². The molecule has 2 aliphatic rings. The topological polar surface area (TPSA) is 48.0 Å². The van der Waals surface area contributed by atoms with Crippen LogP contribution in [0.4, 0.5) is 4.79 Å². The van der Waals surface area contributed by atoms with Gasteiger partial charge in [-0.2, -0.15) is 0 Å². The average Bonchev–Trinajstić information content (AvgIpc) is 2.82. The van der Waals surface area contributed by atoms with Crippen LogP contribution in [0.25, 0.3) is 0 Å². The Bertz CT molecular complexity index is 593. The Hall–Kier alpha value is -1.91. The molecule has 0 aromatic heterocycles. The molecule has 0 spiro atoms. The Morgan fingerprint density at radius 3 is 2.78 bits per heavy atom. The number of hydrogen-bond donors (Lipinski definition) is 0. The molecular weight excluding hydrogens is 294 g/mol. The van der Waals surface area contributed by atoms with Gasteiger partial charge < -0.3 is 19.1 Å². The summed E-state index contributed by atoms with van der Waals surface area (Å²) in [6.07, 6.45) is 0.706. The molecule has 1 aromatic carbocycles. The molecular formula is C18H25NO4. The fraction of sp³-hybridized carbons (Fsp3) is 0.611. The van der Waals surface area contributed by atoms with E-state index in [1.54, 1.807) is 7.11 Å². The number of amides is 1. The summed E-state index contributed by atoms with van der Waals surface area (Å²) in [7, 11) is 1.66. The summed E-state index contributed by atoms with van der Waals surface area (Å²) in [6, 6.07) is 5.98. The maximum Gasteiger partial charge on any atom is 0.410 e. The Kier molecular flexibility index (Phi) is 4.13. The second-order valence-electron chi connectivity index (χ2n) is 7.27. The minimum absolute atomic E-state index is 0.226. The zero-order chi connectivity index (χ0) is 16.6. The second-order valence-corrected chi connectivity index (χ2v) is 7.27. The zero-order valence-corrected chi connectivity index (χ0v) is 14.3. The molecule has 0 N–H and O–H groups in total. The highest BCUT2D eigenvalue weighted by molar-refractivity contribution is 5.69. The first kappa shape index (κ1) is 16.0. The minimum atomic E-state index is -0.466. The predicted octanol–water partition coefficient (Wildman–Crippen LogP) is 3.43. The molecule has 1 aromatic rings. The van der Waals surface area contributed by atoms with E-state index in [1.165, 1.54) is 0 Å². The van der Waals surface area contributed by atoms with Crippen molar-refractivity contribution in [2.75, 3.05) is 26.8 Å². The van der Waals surface area contributed by atoms with Gasteiger partial charge in [0.1, 0.15) is 5.60 Å². The largest absolute Gasteiger partial charge is 0.493 e. The Morgan fingerprint density at radius 1 is 1.30 bits per heavy atom. The van der Waals surface area contributed by atoms with Crippen molar-refractivity contribution in [1.29, 1.82) is 0 Å². The molecule has 0 saturated carbocycles. The van der Waals surface area contributed by atoms with Crippen molar-refractivity contribution in [3.8, 4) is 11.5 Å². The van der Waals surface area contributed by atoms with Gasteiger partial charge in [-0.3, -0.25) is 0 Å². The van der Waals surface area contributed by atoms with E-state index in [4.69, 9.17) is 14.2 Å². The van der Waals surface area contributed by atoms with Crippen molar-refractivity contribution < 1.29 is 19.0 Å². The van der Waals surface area contributed by atoms with E-state index in [-0.39, 0.29) is 12.0 Å². The molecule has 0 unspecified atom stereocenters. The van der Waals surface area contributed by atoms with Gasteiger partial charge in [-0.15, -0.1) is 0 Å². The van der Waals surface area contributed by atoms with Crippen molar-refractivity contribution in [3.63, 3.8) is 0 Å². The van der Waals surface area contributed by atoms with E-state index < -0.39 is 5.60 Å². The monoisotopic (exact) mass is 319 g/mol. The first-order valence-corrected chi connectivity index (χ1v) is 8.16. The lowest BCUT2D eigenvalue weighted by Gasteiger charge is -2.24. The number of rotatable bonds is 1. The maximum atomic E-state index is 12.4. The van der Waals surface area contributed by atoms with Gasteiger partial charge in [-0.25, -0.2) is 4.79 Å². The zero-order valence-electron chi connectivity index (χ0n) is 14.3. The van der Waals surface area contributed by atoms with Crippen LogP contribution in [0, 0.1) is 5.92 Å². The quantitative estimate of drug-likeness (QED) is 0.796. The Morgan fingerprint density at radius 2 is 2.09 bits per heavy atom. The third-order valence-electron chi connectivity index (χ3n) is 4.46. The molecule has 23 heavy (non-hydrogen) atoms. The van der Waals surface area contributed by atoms with Gasteiger partial charge in [0.25, 0.3) is 0 Å². The molecule has 0 radical (unpaired) electrons. The molecule has 0 bridgehead atoms. The van der Waals surface area contributed by atoms with Crippen molar-refractivity contribution in [2.24, 2.45) is 5.92 Å². The number of nitrogens with zero attached hydrogens (tertiary/aromatic N) is 1. The van der Waals surface area contributed by atoms with Gasteiger partial charge in [0.05, 0.1) is 13.7 Å². The van der Waals surface area contributed by atoms with E-state index in [0.29, 0.717) is 19.1 Å². The number of carbonyl (C=O) groups excluding carboxylic acids is 1. The van der Waals surface area contributed by atoms with Gasteiger partial charge in [0.15, 0.2) is 11.5 Å². The average molecular weight is 319 g/mol. The number of hydrogen-bond acceptors (Lipinski definition) is 4. The van der Waals surface area contributed by atoms with Crippen LogP contribution in [0.3, 0.4) is 0 Å². The summed E-state index contributed by atoms with van der Waals surface area (Å²) in [5, 5.41) is 0. The number of methoxy groups -OCH3 is 1. The first-order valence-electron chi connectivity index (χ1n) is 8.16. The van der Waals surface area contributed by atoms with Crippen molar-refractivity contribution in [3.05, 3.63) is 23.8 Å². The normalized spacial score (nSPS) is 23.4. The van der Waals surface area contributed by atoms with Crippen LogP contribution in [0.2, 0.25) is 0 Å². The molecule has 2 atom stereocenters. The van der Waals surface area contributed by atoms with Gasteiger partial charge in [0, 0.05) is 24.6 Å². The number of para-hydroxylation sites is 1. The number of benzene rings is 1. The maximum absolute atomic E-state index is 12.4. The van der Waals surface area contributed by atoms with Gasteiger partial charge in [-0.05, 0) is 39.2 Å². The van der Waals surface area contributed by atoms with Crippen LogP contribution < -0.4 is 9.47 Å². The second kappa shape index (κ2) is 5.95. The molecule has 126 valence electrons. The van der Waals surface area contributed by atoms with Crippen LogP contribution in [0.1, 0.15) is 38.7 Å². The number of likely N-dealkylation sites (tertiary alicyclic amines) is 1. The summed E-state index contributed by atoms with van der Waals surface area (Å²) >= 11 is 0. The lowest BCUT2D eigenvalue weighted by atomic mass is 9.87. The number of carbonyl (C=O) groups is 1. The van der Waals surface area contributed by atoms with Gasteiger partial charge in [0.2, 0.25) is 0 Å². The number of ether oxygens (including phenoxy) is 3. The van der Waals surface area contributed by atoms with Crippen molar-refractivity contribution in [1.82, 2.24) is 4.90 Å². The molecule has 3 rings (SSSR count). The highest BCUT2D eigenvalue weighted by atomic mass is 16.6. The van der Waals surface area contributed by atoms with E-state index in [1.807, 2.05) is 37.8 Å². The fourth-order valence-corrected chi connectivity index (χ4v) is 3.44. The van der Waals surface area contributed by atoms with E-state index in [0.717, 1.165) is 30.0 Å². The third-order valence-corrected chi connectivity index (χ3v) is 4.46. The van der Waals surface area contributed by atoms with E-state index >= 15 is 0 Å². The van der Waals surface area contributed by atoms with Gasteiger partial charge in [-0.1, -0.05) is 12.1 Å². The van der Waals surface area contributed by atoms with Crippen LogP contribution in [-0.2, 0) is 4.74 Å². The summed E-state index contributed by atoms with van der Waals surface area (Å²) < 4.78 is 16.9. The third kappa shape index (κ3) is 3.23. The summed E-state index contributed by atoms with van der Waals surface area (Å²) in [4.78, 5) is 14.2. The highest BCUT2D eigenvalue weighted by Gasteiger charge is 2.40. The molecule has 2 aliphatic heterocycles. The molecule has 0 aliphatic carbocycles. The molecule has 1 fully saturated rings. The van der Waals surface area contributed by atoms with Crippen LogP contribution in [-0.4, -0.2) is 43.4 Å². The summed E-state index contributed by atoms with van der Waals surface area (Å²) in [5.41, 5.74) is 0.671. The van der Waals surface area contributed by atoms with E-state index in [2.05, 4.69) is 6.07 Å². The summed E-state index contributed by atoms with van der Waals surface area (Å²) in [5.74, 6) is 2.26. The highest BCUT2D eigenvalue weighted by Crippen LogP contribution is 2.45. The molecule has 1 amide bonds. The smallest absolute Gasteiger partial charge is 0.410 e. The lowest BCUT2D eigenvalue weighted by Crippen LogP contribution is -2.35. The van der Waals surface area contributed by atoms with Crippen LogP contribution in [0.15, 0.2) is 18.2 Å². The number of fused-ring (bicyclic) bond motifs is 3. The van der Waals surface area contributed by atoms with Crippen molar-refractivity contribution in [2.45, 2.75) is 38.7 Å². The molecule has 1 saturated heterocycles. The Labute approximate surface area is 137 Å². The van der Waals surface area contributed by atoms with Gasteiger partial charge >= 0.3 is 6.09 Å². The van der Waals surface area contributed by atoms with Crippen LogP contribution in [0.5, 0.6) is 11.5 Å². The molecule has 5 heteroatoms. The lowest BCUT2D eigenvalue weighted by molar-refractivity contribution is 0.0284. The fourth-order valence-electron chi connectivity index (χ4n) is 3.44. The standard InChI is InChI=1S/C18H25NO4/c1-18(2,3)23-17(20)19-10-12-8-9-22-16-13(14(12)11-19)6-5-7-15(16)21-4/h5-7,12,14H,8-11H2,1-4H3/t12-,14-/m0/s1. The summed E-state index contributed by atoms with van der Waals surface area (Å²) in [6.45, 7) is 7.73. The Balaban J connectivity index is 1.83. The molecule has 2 heterocycles. The minimum Gasteiger partial charge on any atom is -0.493 e.